The Kier molecular flexibility index (Phi) is 5.32. The fourth-order valence-electron chi connectivity index (χ4n) is 2.40. The molecule has 0 heterocycles. The monoisotopic (exact) mass is 332 g/mol. The van der Waals surface area contributed by atoms with Crippen LogP contribution in [-0.4, -0.2) is 11.1 Å². The lowest BCUT2D eigenvalue weighted by molar-refractivity contribution is -0.146. The van der Waals surface area contributed by atoms with Crippen LogP contribution in [0.2, 0.25) is 5.02 Å². The quantitative estimate of drug-likeness (QED) is 0.820. The Hall–Kier alpha value is -2.00. The molecule has 0 aliphatic rings. The average molecular weight is 333 g/mol. The van der Waals surface area contributed by atoms with Gasteiger partial charge in [-0.05, 0) is 49.9 Å². The second-order valence-corrected chi connectivity index (χ2v) is 6.77. The molecule has 2 rings (SSSR count). The van der Waals surface area contributed by atoms with Gasteiger partial charge in [0.1, 0.15) is 12.4 Å². The molecule has 0 fully saturated rings. The Morgan fingerprint density at radius 1 is 1.17 bits per heavy atom. The molecule has 0 aromatic heterocycles. The van der Waals surface area contributed by atoms with Crippen molar-refractivity contribution in [1.29, 1.82) is 0 Å². The van der Waals surface area contributed by atoms with Crippen LogP contribution in [0.15, 0.2) is 42.5 Å². The van der Waals surface area contributed by atoms with Crippen LogP contribution in [0.3, 0.4) is 0 Å². The van der Waals surface area contributed by atoms with E-state index in [9.17, 15) is 9.90 Å². The van der Waals surface area contributed by atoms with Crippen molar-refractivity contribution in [3.05, 3.63) is 64.2 Å². The summed E-state index contributed by atoms with van der Waals surface area (Å²) < 4.78 is 5.84. The highest BCUT2D eigenvalue weighted by atomic mass is 35.5. The van der Waals surface area contributed by atoms with Crippen molar-refractivity contribution in [3.8, 4) is 5.75 Å². The number of hydrogen-bond acceptors (Lipinski definition) is 2. The molecule has 2 aromatic carbocycles. The summed E-state index contributed by atoms with van der Waals surface area (Å²) in [5.41, 5.74) is 2.04. The van der Waals surface area contributed by atoms with Crippen LogP contribution >= 0.6 is 11.6 Å². The van der Waals surface area contributed by atoms with E-state index >= 15 is 0 Å². The van der Waals surface area contributed by atoms with Crippen LogP contribution in [0.4, 0.5) is 0 Å². The van der Waals surface area contributed by atoms with Gasteiger partial charge < -0.3 is 9.84 Å². The van der Waals surface area contributed by atoms with E-state index in [2.05, 4.69) is 0 Å². The maximum atomic E-state index is 11.3. The Labute approximate surface area is 141 Å². The van der Waals surface area contributed by atoms with Gasteiger partial charge in [-0.15, -0.1) is 0 Å². The number of rotatable bonds is 6. The van der Waals surface area contributed by atoms with E-state index in [1.165, 1.54) is 0 Å². The molecule has 2 aromatic rings. The summed E-state index contributed by atoms with van der Waals surface area (Å²) in [7, 11) is 0. The summed E-state index contributed by atoms with van der Waals surface area (Å²) >= 11 is 6.34. The van der Waals surface area contributed by atoms with Gasteiger partial charge in [-0.25, -0.2) is 0 Å². The smallest absolute Gasteiger partial charge is 0.309 e. The molecule has 0 radical (unpaired) electrons. The topological polar surface area (TPSA) is 46.5 Å². The standard InChI is InChI=1S/C19H21ClO3/c1-13-9-15(11-19(2,3)18(21)22)10-16(20)17(13)23-12-14-7-5-4-6-8-14/h4-10H,11-12H2,1-3H3,(H,21,22). The number of ether oxygens (including phenoxy) is 1. The van der Waals surface area contributed by atoms with Gasteiger partial charge in [-0.2, -0.15) is 0 Å². The van der Waals surface area contributed by atoms with Crippen molar-refractivity contribution in [2.24, 2.45) is 5.41 Å². The maximum absolute atomic E-state index is 11.3. The summed E-state index contributed by atoms with van der Waals surface area (Å²) in [5.74, 6) is -0.178. The number of hydrogen-bond donors (Lipinski definition) is 1. The molecule has 0 atom stereocenters. The highest BCUT2D eigenvalue weighted by Crippen LogP contribution is 2.33. The van der Waals surface area contributed by atoms with Crippen molar-refractivity contribution in [1.82, 2.24) is 0 Å². The van der Waals surface area contributed by atoms with Gasteiger partial charge in [0.05, 0.1) is 10.4 Å². The molecule has 1 N–H and O–H groups in total. The lowest BCUT2D eigenvalue weighted by Crippen LogP contribution is -2.26. The fourth-order valence-corrected chi connectivity index (χ4v) is 2.75. The molecular formula is C19H21ClO3. The molecule has 23 heavy (non-hydrogen) atoms. The van der Waals surface area contributed by atoms with Gasteiger partial charge in [-0.3, -0.25) is 4.79 Å². The zero-order valence-electron chi connectivity index (χ0n) is 13.6. The summed E-state index contributed by atoms with van der Waals surface area (Å²) in [4.78, 5) is 11.3. The molecule has 122 valence electrons. The minimum absolute atomic E-state index is 0.419. The number of aryl methyl sites for hydroxylation is 1. The second-order valence-electron chi connectivity index (χ2n) is 6.36. The molecule has 3 nitrogen and oxygen atoms in total. The van der Waals surface area contributed by atoms with Crippen LogP contribution in [0.1, 0.15) is 30.5 Å². The Morgan fingerprint density at radius 3 is 2.39 bits per heavy atom. The van der Waals surface area contributed by atoms with Gasteiger partial charge in [0, 0.05) is 0 Å². The predicted octanol–water partition coefficient (Wildman–Crippen LogP) is 4.88. The van der Waals surface area contributed by atoms with Crippen LogP contribution in [0.5, 0.6) is 5.75 Å². The van der Waals surface area contributed by atoms with E-state index < -0.39 is 11.4 Å². The number of aliphatic carboxylic acids is 1. The highest BCUT2D eigenvalue weighted by Gasteiger charge is 2.27. The summed E-state index contributed by atoms with van der Waals surface area (Å²) in [6, 6.07) is 13.6. The molecule has 0 unspecified atom stereocenters. The first-order chi connectivity index (χ1) is 10.8. The number of carboxylic acids is 1. The van der Waals surface area contributed by atoms with E-state index in [0.29, 0.717) is 23.8 Å². The third-order valence-electron chi connectivity index (χ3n) is 3.74. The first kappa shape index (κ1) is 17.4. The zero-order chi connectivity index (χ0) is 17.0. The van der Waals surface area contributed by atoms with Crippen LogP contribution in [0.25, 0.3) is 0 Å². The average Bonchev–Trinajstić information content (AvgIpc) is 2.46. The molecular weight excluding hydrogens is 312 g/mol. The number of benzene rings is 2. The first-order valence-corrected chi connectivity index (χ1v) is 7.86. The van der Waals surface area contributed by atoms with Crippen molar-refractivity contribution in [2.75, 3.05) is 0 Å². The second kappa shape index (κ2) is 7.05. The number of halogens is 1. The maximum Gasteiger partial charge on any atom is 0.309 e. The molecule has 0 bridgehead atoms. The molecule has 0 saturated heterocycles. The molecule has 0 amide bonds. The van der Waals surface area contributed by atoms with Gasteiger partial charge in [-0.1, -0.05) is 48.0 Å². The molecule has 0 spiro atoms. The van der Waals surface area contributed by atoms with Gasteiger partial charge in [0.15, 0.2) is 0 Å². The summed E-state index contributed by atoms with van der Waals surface area (Å²) in [6.07, 6.45) is 0.419. The van der Waals surface area contributed by atoms with E-state index in [1.807, 2.05) is 43.3 Å². The van der Waals surface area contributed by atoms with Crippen LogP contribution in [0, 0.1) is 12.3 Å². The third-order valence-corrected chi connectivity index (χ3v) is 4.02. The van der Waals surface area contributed by atoms with Crippen molar-refractivity contribution in [2.45, 2.75) is 33.8 Å². The summed E-state index contributed by atoms with van der Waals surface area (Å²) in [6.45, 7) is 5.78. The van der Waals surface area contributed by atoms with Crippen molar-refractivity contribution in [3.63, 3.8) is 0 Å². The fraction of sp³-hybridized carbons (Fsp3) is 0.316. The Balaban J connectivity index is 2.16. The molecule has 0 aliphatic carbocycles. The predicted molar refractivity (Wildman–Crippen MR) is 92.1 cm³/mol. The minimum atomic E-state index is -0.831. The Bertz CT molecular complexity index is 670. The molecule has 4 heteroatoms. The Morgan fingerprint density at radius 2 is 1.83 bits per heavy atom. The first-order valence-electron chi connectivity index (χ1n) is 7.49. The van der Waals surface area contributed by atoms with Gasteiger partial charge in [0.2, 0.25) is 0 Å². The third kappa shape index (κ3) is 4.49. The van der Waals surface area contributed by atoms with Crippen LogP contribution in [-0.2, 0) is 17.8 Å². The largest absolute Gasteiger partial charge is 0.487 e. The number of carboxylic acid groups (broad SMARTS) is 1. The van der Waals surface area contributed by atoms with Crippen molar-refractivity contribution >= 4 is 17.6 Å². The van der Waals surface area contributed by atoms with E-state index in [4.69, 9.17) is 16.3 Å². The van der Waals surface area contributed by atoms with Crippen LogP contribution < -0.4 is 4.74 Å². The lowest BCUT2D eigenvalue weighted by atomic mass is 9.85. The van der Waals surface area contributed by atoms with Gasteiger partial charge in [0.25, 0.3) is 0 Å². The van der Waals surface area contributed by atoms with E-state index in [0.717, 1.165) is 16.7 Å². The summed E-state index contributed by atoms with van der Waals surface area (Å²) in [5, 5.41) is 9.76. The highest BCUT2D eigenvalue weighted by molar-refractivity contribution is 6.32. The molecule has 0 aliphatic heterocycles. The SMILES string of the molecule is Cc1cc(CC(C)(C)C(=O)O)cc(Cl)c1OCc1ccccc1. The zero-order valence-corrected chi connectivity index (χ0v) is 14.4. The van der Waals surface area contributed by atoms with Gasteiger partial charge >= 0.3 is 5.97 Å². The van der Waals surface area contributed by atoms with E-state index in [-0.39, 0.29) is 0 Å². The van der Waals surface area contributed by atoms with Crippen molar-refractivity contribution < 1.29 is 14.6 Å². The molecule has 0 saturated carbocycles. The lowest BCUT2D eigenvalue weighted by Gasteiger charge is -2.20. The van der Waals surface area contributed by atoms with E-state index in [1.54, 1.807) is 19.9 Å². The normalized spacial score (nSPS) is 11.3. The minimum Gasteiger partial charge on any atom is -0.487 e. The number of carbonyl (C=O) groups is 1.